The summed E-state index contributed by atoms with van der Waals surface area (Å²) in [6.07, 6.45) is 56.8. The molecule has 2 unspecified atom stereocenters. The number of phosphoric ester groups is 1. The third-order valence-electron chi connectivity index (χ3n) is 10.4. The van der Waals surface area contributed by atoms with Gasteiger partial charge in [-0.05, 0) is 77.0 Å². The molecule has 0 fully saturated rings. The minimum atomic E-state index is -4.39. The van der Waals surface area contributed by atoms with Crippen molar-refractivity contribution < 1.29 is 37.6 Å². The fourth-order valence-electron chi connectivity index (χ4n) is 6.74. The lowest BCUT2D eigenvalue weighted by Gasteiger charge is -2.19. The number of phosphoric acid groups is 1. The van der Waals surface area contributed by atoms with Crippen LogP contribution in [0.4, 0.5) is 0 Å². The molecule has 2 atom stereocenters. The van der Waals surface area contributed by atoms with E-state index in [1.165, 1.54) is 116 Å². The number of rotatable bonds is 46. The van der Waals surface area contributed by atoms with Crippen LogP contribution in [0.1, 0.15) is 219 Å². The molecule has 9 nitrogen and oxygen atoms in total. The minimum Gasteiger partial charge on any atom is -0.462 e. The predicted octanol–water partition coefficient (Wildman–Crippen LogP) is 14.8. The van der Waals surface area contributed by atoms with Gasteiger partial charge in [-0.3, -0.25) is 18.6 Å². The number of nitrogens with two attached hydrogens (primary N) is 1. The maximum Gasteiger partial charge on any atom is 0.472 e. The van der Waals surface area contributed by atoms with Gasteiger partial charge in [0, 0.05) is 19.4 Å². The second-order valence-corrected chi connectivity index (χ2v) is 17.8. The molecule has 0 saturated heterocycles. The first-order chi connectivity index (χ1) is 29.8. The van der Waals surface area contributed by atoms with E-state index in [9.17, 15) is 19.0 Å². The Labute approximate surface area is 374 Å². The van der Waals surface area contributed by atoms with Crippen LogP contribution < -0.4 is 5.73 Å². The molecule has 0 aromatic rings. The van der Waals surface area contributed by atoms with Gasteiger partial charge in [0.1, 0.15) is 6.61 Å². The Morgan fingerprint density at radius 1 is 0.508 bits per heavy atom. The molecule has 0 heterocycles. The van der Waals surface area contributed by atoms with E-state index in [1.807, 2.05) is 0 Å². The van der Waals surface area contributed by atoms with Crippen LogP contribution in [-0.4, -0.2) is 49.3 Å². The van der Waals surface area contributed by atoms with Gasteiger partial charge >= 0.3 is 19.8 Å². The molecule has 0 bridgehead atoms. The van der Waals surface area contributed by atoms with E-state index in [-0.39, 0.29) is 38.6 Å². The molecular weight excluding hydrogens is 786 g/mol. The van der Waals surface area contributed by atoms with Crippen molar-refractivity contribution in [1.29, 1.82) is 0 Å². The summed E-state index contributed by atoms with van der Waals surface area (Å²) in [5.41, 5.74) is 5.36. The maximum absolute atomic E-state index is 12.6. The molecule has 0 aliphatic heterocycles. The Bertz CT molecular complexity index is 1180. The summed E-state index contributed by atoms with van der Waals surface area (Å²) in [6, 6.07) is 0. The average molecular weight is 878 g/mol. The van der Waals surface area contributed by atoms with Crippen LogP contribution in [0.5, 0.6) is 0 Å². The van der Waals surface area contributed by atoms with Crippen molar-refractivity contribution in [2.24, 2.45) is 5.73 Å². The van der Waals surface area contributed by atoms with Crippen LogP contribution in [-0.2, 0) is 32.7 Å². The third-order valence-corrected chi connectivity index (χ3v) is 11.4. The second kappa shape index (κ2) is 47.2. The Balaban J connectivity index is 4.09. The van der Waals surface area contributed by atoms with E-state index in [2.05, 4.69) is 74.6 Å². The van der Waals surface area contributed by atoms with Crippen LogP contribution in [0, 0.1) is 0 Å². The highest BCUT2D eigenvalue weighted by atomic mass is 31.2. The van der Waals surface area contributed by atoms with Crippen LogP contribution in [0.25, 0.3) is 0 Å². The molecule has 0 aliphatic carbocycles. The van der Waals surface area contributed by atoms with Gasteiger partial charge in [-0.2, -0.15) is 0 Å². The van der Waals surface area contributed by atoms with Gasteiger partial charge in [0.05, 0.1) is 13.2 Å². The zero-order valence-corrected chi connectivity index (χ0v) is 40.0. The average Bonchev–Trinajstić information content (AvgIpc) is 3.25. The molecule has 3 N–H and O–H groups in total. The minimum absolute atomic E-state index is 0.0497. The quantitative estimate of drug-likeness (QED) is 0.0265. The molecule has 0 rings (SSSR count). The van der Waals surface area contributed by atoms with Gasteiger partial charge in [-0.1, -0.05) is 190 Å². The first kappa shape index (κ1) is 58.7. The lowest BCUT2D eigenvalue weighted by molar-refractivity contribution is -0.161. The molecular formula is C51H92NO8P. The van der Waals surface area contributed by atoms with Gasteiger partial charge in [-0.15, -0.1) is 0 Å². The number of carbonyl (C=O) groups is 2. The Morgan fingerprint density at radius 2 is 0.902 bits per heavy atom. The summed E-state index contributed by atoms with van der Waals surface area (Å²) in [4.78, 5) is 35.0. The summed E-state index contributed by atoms with van der Waals surface area (Å²) in [5, 5.41) is 0. The van der Waals surface area contributed by atoms with E-state index in [4.69, 9.17) is 24.3 Å². The predicted molar refractivity (Wildman–Crippen MR) is 256 cm³/mol. The molecule has 61 heavy (non-hydrogen) atoms. The Kier molecular flexibility index (Phi) is 45.4. The van der Waals surface area contributed by atoms with E-state index in [0.29, 0.717) is 6.42 Å². The SMILES string of the molecule is CC/C=C\C/C=C\C/C=C\C/C=C\CCCCCCCCCCC(=O)OC(COC(=O)CCCCCCCCCCC/C=C\CCCCCCCC)COP(=O)(O)OCCN. The first-order valence-corrected chi connectivity index (χ1v) is 26.3. The van der Waals surface area contributed by atoms with Crippen LogP contribution in [0.2, 0.25) is 0 Å². The summed E-state index contributed by atoms with van der Waals surface area (Å²) >= 11 is 0. The van der Waals surface area contributed by atoms with Crippen molar-refractivity contribution in [2.45, 2.75) is 225 Å². The number of hydrogen-bond acceptors (Lipinski definition) is 8. The molecule has 0 aromatic heterocycles. The molecule has 0 amide bonds. The highest BCUT2D eigenvalue weighted by Crippen LogP contribution is 2.43. The summed E-state index contributed by atoms with van der Waals surface area (Å²) in [6.45, 7) is 3.62. The number of unbranched alkanes of at least 4 members (excludes halogenated alkanes) is 23. The monoisotopic (exact) mass is 878 g/mol. The summed E-state index contributed by atoms with van der Waals surface area (Å²) in [7, 11) is -4.39. The zero-order valence-electron chi connectivity index (χ0n) is 39.1. The number of esters is 2. The van der Waals surface area contributed by atoms with Crippen LogP contribution >= 0.6 is 7.82 Å². The number of ether oxygens (including phenoxy) is 2. The second-order valence-electron chi connectivity index (χ2n) is 16.3. The van der Waals surface area contributed by atoms with Crippen molar-refractivity contribution in [3.8, 4) is 0 Å². The van der Waals surface area contributed by atoms with Crippen molar-refractivity contribution in [1.82, 2.24) is 0 Å². The third kappa shape index (κ3) is 47.0. The van der Waals surface area contributed by atoms with Gasteiger partial charge in [-0.25, -0.2) is 4.57 Å². The summed E-state index contributed by atoms with van der Waals surface area (Å²) in [5.74, 6) is -0.838. The van der Waals surface area contributed by atoms with Gasteiger partial charge in [0.15, 0.2) is 6.10 Å². The largest absolute Gasteiger partial charge is 0.472 e. The molecule has 0 aliphatic rings. The van der Waals surface area contributed by atoms with Gasteiger partial charge < -0.3 is 20.1 Å². The van der Waals surface area contributed by atoms with Crippen LogP contribution in [0.3, 0.4) is 0 Å². The smallest absolute Gasteiger partial charge is 0.462 e. The van der Waals surface area contributed by atoms with E-state index >= 15 is 0 Å². The van der Waals surface area contributed by atoms with Crippen molar-refractivity contribution >= 4 is 19.8 Å². The number of allylic oxidation sites excluding steroid dienone is 10. The zero-order chi connectivity index (χ0) is 44.6. The van der Waals surface area contributed by atoms with Crippen molar-refractivity contribution in [3.05, 3.63) is 60.8 Å². The number of carbonyl (C=O) groups excluding carboxylic acids is 2. The fourth-order valence-corrected chi connectivity index (χ4v) is 7.50. The van der Waals surface area contributed by atoms with E-state index in [0.717, 1.165) is 70.6 Å². The summed E-state index contributed by atoms with van der Waals surface area (Å²) < 4.78 is 32.9. The topological polar surface area (TPSA) is 134 Å². The lowest BCUT2D eigenvalue weighted by Crippen LogP contribution is -2.29. The molecule has 10 heteroatoms. The molecule has 0 aromatic carbocycles. The van der Waals surface area contributed by atoms with Gasteiger partial charge in [0.2, 0.25) is 0 Å². The Morgan fingerprint density at radius 3 is 1.36 bits per heavy atom. The molecule has 0 saturated carbocycles. The molecule has 0 radical (unpaired) electrons. The van der Waals surface area contributed by atoms with Crippen molar-refractivity contribution in [2.75, 3.05) is 26.4 Å². The highest BCUT2D eigenvalue weighted by molar-refractivity contribution is 7.47. The maximum atomic E-state index is 12.6. The van der Waals surface area contributed by atoms with E-state index < -0.39 is 26.5 Å². The first-order valence-electron chi connectivity index (χ1n) is 24.8. The van der Waals surface area contributed by atoms with Gasteiger partial charge in [0.25, 0.3) is 0 Å². The highest BCUT2D eigenvalue weighted by Gasteiger charge is 2.26. The molecule has 0 spiro atoms. The van der Waals surface area contributed by atoms with Crippen molar-refractivity contribution in [3.63, 3.8) is 0 Å². The number of hydrogen-bond donors (Lipinski definition) is 2. The molecule has 354 valence electrons. The lowest BCUT2D eigenvalue weighted by atomic mass is 10.1. The standard InChI is InChI=1S/C51H92NO8P/c1-3-5-7-9-11-13-15-17-19-21-23-24-26-28-30-32-34-36-38-40-42-44-51(54)60-49(48-59-61(55,56)58-46-45-52)47-57-50(53)43-41-39-37-35-33-31-29-27-25-22-20-18-16-14-12-10-8-6-4-2/h5,7,11,13,17-20,23-24,49H,3-4,6,8-10,12,14-16,21-22,25-48,52H2,1-2H3,(H,55,56)/b7-5-,13-11-,19-17-,20-18-,24-23-. The van der Waals surface area contributed by atoms with Crippen LogP contribution in [0.15, 0.2) is 60.8 Å². The Hall–Kier alpha value is -2.29. The normalized spacial score (nSPS) is 13.7. The van der Waals surface area contributed by atoms with E-state index in [1.54, 1.807) is 0 Å². The fraction of sp³-hybridized carbons (Fsp3) is 0.765.